The molecule has 0 aromatic carbocycles. The molecule has 24 aromatic heterocycles. The highest BCUT2D eigenvalue weighted by molar-refractivity contribution is 6.02. The van der Waals surface area contributed by atoms with E-state index in [0.29, 0.717) is 57.3 Å². The summed E-state index contributed by atoms with van der Waals surface area (Å²) >= 11 is 0. The molecule has 0 aliphatic rings. The fraction of sp³-hybridized carbons (Fsp3) is 0.101. The fourth-order valence-corrected chi connectivity index (χ4v) is 15.6. The minimum absolute atomic E-state index is 0.0819. The largest absolute Gasteiger partial charge is 0.376 e. The molecule has 24 rings (SSSR count). The maximum absolute atomic E-state index is 12.4. The van der Waals surface area contributed by atoms with Crippen LogP contribution in [0.1, 0.15) is 38.8 Å². The highest BCUT2D eigenvalue weighted by Crippen LogP contribution is 2.39. The molecule has 10 N–H and O–H groups in total. The van der Waals surface area contributed by atoms with Gasteiger partial charge in [-0.15, -0.1) is 0 Å². The molecule has 0 atom stereocenters. The SMILES string of the molecule is CC(C)(C)C(=O)Nc1cncc(-c2cnc3n[nH]c(-c4nc5c(-c6ccccn6)cncc5[nH]4)c3c2)c1.CCNCc1cncc(-c2cnc3n[nH]c(-c4nc5c(-c6ccccn6)cncc5[nH]4)c3c2)c1.CN(C)c1cncc(-c2cnc3n[nH]c(-c4nc5c(-c6ccccn6)cncc5[nH]4)c3c2)c1.Cc1ccncc1-c1cnc2n[nH]c(-c3nc4c(-c5ccccn5)cncc4[nH]3)c2c1. The molecular formula is C99H79N35O. The van der Waals surface area contributed by atoms with Crippen LogP contribution in [0.15, 0.2) is 270 Å². The van der Waals surface area contributed by atoms with Gasteiger partial charge in [0.25, 0.3) is 0 Å². The first-order chi connectivity index (χ1) is 66.1. The first kappa shape index (κ1) is 83.3. The van der Waals surface area contributed by atoms with E-state index in [1.165, 1.54) is 0 Å². The van der Waals surface area contributed by atoms with Crippen LogP contribution in [0, 0.1) is 12.3 Å². The third-order valence-electron chi connectivity index (χ3n) is 22.6. The molecule has 135 heavy (non-hydrogen) atoms. The van der Waals surface area contributed by atoms with Gasteiger partial charge in [-0.05, 0) is 122 Å². The lowest BCUT2D eigenvalue weighted by molar-refractivity contribution is -0.123. The second kappa shape index (κ2) is 35.8. The van der Waals surface area contributed by atoms with Gasteiger partial charge in [0, 0.05) is 204 Å². The number of nitrogens with zero attached hydrogens (tertiary/aromatic N) is 25. The second-order valence-electron chi connectivity index (χ2n) is 32.9. The Morgan fingerprint density at radius 2 is 0.696 bits per heavy atom. The summed E-state index contributed by atoms with van der Waals surface area (Å²) in [7, 11) is 3.98. The zero-order chi connectivity index (χ0) is 91.6. The summed E-state index contributed by atoms with van der Waals surface area (Å²) in [6, 6.07) is 39.4. The van der Waals surface area contributed by atoms with Gasteiger partial charge in [0.1, 0.15) is 44.8 Å². The van der Waals surface area contributed by atoms with Crippen molar-refractivity contribution in [1.29, 1.82) is 0 Å². The Kier molecular flexibility index (Phi) is 22.1. The highest BCUT2D eigenvalue weighted by atomic mass is 16.2. The first-order valence-electron chi connectivity index (χ1n) is 43.0. The number of amides is 1. The van der Waals surface area contributed by atoms with E-state index >= 15 is 0 Å². The van der Waals surface area contributed by atoms with Crippen LogP contribution in [0.5, 0.6) is 0 Å². The van der Waals surface area contributed by atoms with Crippen molar-refractivity contribution in [3.8, 4) is 136 Å². The van der Waals surface area contributed by atoms with E-state index in [4.69, 9.17) is 19.9 Å². The van der Waals surface area contributed by atoms with Crippen LogP contribution < -0.4 is 15.5 Å². The molecular weight excluding hydrogens is 1700 g/mol. The number of hydrogen-bond acceptors (Lipinski definition) is 27. The lowest BCUT2D eigenvalue weighted by atomic mass is 9.95. The third-order valence-corrected chi connectivity index (χ3v) is 22.6. The van der Waals surface area contributed by atoms with Crippen molar-refractivity contribution in [3.05, 3.63) is 281 Å². The highest BCUT2D eigenvalue weighted by Gasteiger charge is 2.26. The Labute approximate surface area is 766 Å². The van der Waals surface area contributed by atoms with Gasteiger partial charge in [-0.1, -0.05) is 52.0 Å². The second-order valence-corrected chi connectivity index (χ2v) is 32.9. The average Bonchev–Trinajstić information content (AvgIpc) is 1.62. The molecule has 0 unspecified atom stereocenters. The van der Waals surface area contributed by atoms with Gasteiger partial charge in [-0.25, -0.2) is 39.9 Å². The molecule has 0 fully saturated rings. The molecule has 0 spiro atoms. The molecule has 1 amide bonds. The fourth-order valence-electron chi connectivity index (χ4n) is 15.6. The zero-order valence-corrected chi connectivity index (χ0v) is 73.4. The Morgan fingerprint density at radius 1 is 0.348 bits per heavy atom. The van der Waals surface area contributed by atoms with Gasteiger partial charge < -0.3 is 35.5 Å². The molecule has 24 heterocycles. The number of carbonyl (C=O) groups excluding carboxylic acids is 1. The molecule has 0 bridgehead atoms. The van der Waals surface area contributed by atoms with Crippen molar-refractivity contribution in [1.82, 2.24) is 166 Å². The van der Waals surface area contributed by atoms with Gasteiger partial charge >= 0.3 is 0 Å². The predicted octanol–water partition coefficient (Wildman–Crippen LogP) is 17.5. The molecule has 0 aliphatic carbocycles. The maximum atomic E-state index is 12.4. The number of aromatic nitrogens is 32. The lowest BCUT2D eigenvalue weighted by Crippen LogP contribution is -2.27. The summed E-state index contributed by atoms with van der Waals surface area (Å²) in [5.41, 5.74) is 29.5. The molecule has 656 valence electrons. The molecule has 0 saturated heterocycles. The van der Waals surface area contributed by atoms with Crippen LogP contribution in [0.2, 0.25) is 0 Å². The van der Waals surface area contributed by atoms with E-state index in [0.717, 1.165) is 202 Å². The first-order valence-corrected chi connectivity index (χ1v) is 43.0. The minimum atomic E-state index is -0.513. The summed E-state index contributed by atoms with van der Waals surface area (Å²) in [5.74, 6) is 2.54. The van der Waals surface area contributed by atoms with Gasteiger partial charge in [0.15, 0.2) is 45.9 Å². The van der Waals surface area contributed by atoms with E-state index in [9.17, 15) is 4.79 Å². The number of H-pyrrole nitrogens is 8. The standard InChI is InChI=1S/C27H23N9O.C25H21N9.C24H19N9.C23H16N8/c1-27(2,3)26(37)32-17-8-15(10-28-12-17)16-9-18-23(35-36-24(18)31-11-16)25-33-21-14-29-13-19(22(21)34-25)20-6-4-5-7-30-20;1-2-26-9-15-7-16(11-27-10-15)17-8-18-23(33-34-24(18)30-12-17)25-31-21-14-28-13-19(22(21)32-25)20-5-3-4-6-29-20;1-33(2)16-7-14(9-25-11-16)15-8-17-22(31-32-23(17)28-10-15)24-29-20-13-26-12-18(21(20)30-24)19-5-3-4-6-27-19;1-13-5-7-24-10-16(13)14-8-15-21(30-31-22(15)27-9-14)23-28-19-12-25-11-17(20(19)29-23)18-4-2-3-6-26-18/h4-14H,1-3H3,(H,32,37)(H,33,34)(H,31,35,36);3-8,10-14,26H,2,9H2,1H3,(H,31,32)(H,30,33,34);3-13H,1-2H3,(H,29,30)(H,28,31,32);2-12H,1H3,(H,28,29)(H,27,30,31). The van der Waals surface area contributed by atoms with Gasteiger partial charge in [-0.2, -0.15) is 20.4 Å². The maximum Gasteiger partial charge on any atom is 0.229 e. The van der Waals surface area contributed by atoms with Gasteiger partial charge in [0.05, 0.1) is 115 Å². The Balaban J connectivity index is 0.000000108. The Bertz CT molecular complexity index is 8490. The number of carbonyl (C=O) groups is 1. The van der Waals surface area contributed by atoms with E-state index in [1.54, 1.807) is 99.1 Å². The normalized spacial score (nSPS) is 11.5. The monoisotopic (exact) mass is 1770 g/mol. The molecule has 36 heteroatoms. The van der Waals surface area contributed by atoms with Gasteiger partial charge in [0.2, 0.25) is 5.91 Å². The number of imidazole rings is 4. The van der Waals surface area contributed by atoms with Crippen molar-refractivity contribution < 1.29 is 4.79 Å². The van der Waals surface area contributed by atoms with Crippen LogP contribution in [0.25, 0.3) is 224 Å². The minimum Gasteiger partial charge on any atom is -0.376 e. The molecule has 24 aromatic rings. The van der Waals surface area contributed by atoms with Crippen molar-refractivity contribution in [3.63, 3.8) is 0 Å². The van der Waals surface area contributed by atoms with E-state index in [2.05, 4.69) is 195 Å². The van der Waals surface area contributed by atoms with E-state index in [1.807, 2.05) is 180 Å². The summed E-state index contributed by atoms with van der Waals surface area (Å²) in [4.78, 5) is 118. The number of hydrogen-bond donors (Lipinski definition) is 10. The third kappa shape index (κ3) is 16.9. The van der Waals surface area contributed by atoms with Gasteiger partial charge in [-0.3, -0.25) is 85.0 Å². The Hall–Kier alpha value is -18.6. The zero-order valence-electron chi connectivity index (χ0n) is 73.4. The van der Waals surface area contributed by atoms with Crippen molar-refractivity contribution in [2.45, 2.75) is 41.2 Å². The molecule has 0 aliphatic heterocycles. The van der Waals surface area contributed by atoms with Crippen molar-refractivity contribution in [2.75, 3.05) is 30.9 Å². The number of rotatable bonds is 17. The summed E-state index contributed by atoms with van der Waals surface area (Å²) in [6.07, 6.45) is 42.8. The van der Waals surface area contributed by atoms with E-state index in [-0.39, 0.29) is 5.91 Å². The molecule has 36 nitrogen and oxygen atoms in total. The number of nitrogens with one attached hydrogen (secondary N) is 10. The summed E-state index contributed by atoms with van der Waals surface area (Å²) < 4.78 is 0. The molecule has 0 saturated carbocycles. The van der Waals surface area contributed by atoms with Crippen molar-refractivity contribution in [2.24, 2.45) is 5.41 Å². The number of aromatic amines is 8. The van der Waals surface area contributed by atoms with Crippen LogP contribution in [-0.2, 0) is 11.3 Å². The lowest BCUT2D eigenvalue weighted by Gasteiger charge is -2.17. The van der Waals surface area contributed by atoms with Crippen LogP contribution in [-0.4, -0.2) is 187 Å². The van der Waals surface area contributed by atoms with Crippen LogP contribution >= 0.6 is 0 Å². The van der Waals surface area contributed by atoms with Crippen LogP contribution in [0.3, 0.4) is 0 Å². The predicted molar refractivity (Wildman–Crippen MR) is 517 cm³/mol. The number of aryl methyl sites for hydroxylation is 1. The number of pyridine rings is 16. The smallest absolute Gasteiger partial charge is 0.229 e. The van der Waals surface area contributed by atoms with E-state index < -0.39 is 5.41 Å². The molecule has 0 radical (unpaired) electrons. The van der Waals surface area contributed by atoms with Crippen molar-refractivity contribution >= 4 is 106 Å². The van der Waals surface area contributed by atoms with Crippen LogP contribution in [0.4, 0.5) is 11.4 Å². The average molecular weight is 1770 g/mol. The Morgan fingerprint density at radius 3 is 1.07 bits per heavy atom. The summed E-state index contributed by atoms with van der Waals surface area (Å²) in [5, 5.41) is 39.5. The number of anilines is 2. The quantitative estimate of drug-likeness (QED) is 0.0405. The number of fused-ring (bicyclic) bond motifs is 8. The topological polar surface area (TPSA) is 480 Å². The summed E-state index contributed by atoms with van der Waals surface area (Å²) in [6.45, 7) is 11.4.